The molecule has 0 bridgehead atoms. The molecule has 0 radical (unpaired) electrons. The first-order valence-electron chi connectivity index (χ1n) is 8.49. The molecule has 0 aliphatic rings. The van der Waals surface area contributed by atoms with Crippen LogP contribution in [0.4, 0.5) is 10.1 Å². The lowest BCUT2D eigenvalue weighted by Gasteiger charge is -2.11. The number of nitrogens with two attached hydrogens (primary N) is 1. The number of primary amides is 1. The van der Waals surface area contributed by atoms with Gasteiger partial charge in [0.25, 0.3) is 11.1 Å². The van der Waals surface area contributed by atoms with E-state index in [1.54, 1.807) is 31.2 Å². The molecule has 2 amide bonds. The molecule has 2 aromatic carbocycles. The number of hydrogen-bond acceptors (Lipinski definition) is 7. The third-order valence-electron chi connectivity index (χ3n) is 3.69. The highest BCUT2D eigenvalue weighted by Crippen LogP contribution is 2.25. The van der Waals surface area contributed by atoms with E-state index in [9.17, 15) is 14.0 Å². The molecule has 3 rings (SSSR count). The minimum Gasteiger partial charge on any atom is -0.478 e. The monoisotopic (exact) mass is 416 g/mol. The summed E-state index contributed by atoms with van der Waals surface area (Å²) in [6.45, 7) is 1.65. The van der Waals surface area contributed by atoms with Crippen molar-refractivity contribution in [2.24, 2.45) is 5.73 Å². The van der Waals surface area contributed by atoms with Crippen molar-refractivity contribution in [3.05, 3.63) is 65.8 Å². The molecule has 150 valence electrons. The van der Waals surface area contributed by atoms with E-state index in [4.69, 9.17) is 14.9 Å². The third kappa shape index (κ3) is 5.55. The van der Waals surface area contributed by atoms with Gasteiger partial charge in [0.05, 0.1) is 5.75 Å². The van der Waals surface area contributed by atoms with Crippen molar-refractivity contribution in [3.63, 3.8) is 0 Å². The number of nitrogens with one attached hydrogen (secondary N) is 1. The third-order valence-corrected chi connectivity index (χ3v) is 4.51. The zero-order valence-electron chi connectivity index (χ0n) is 15.3. The highest BCUT2D eigenvalue weighted by molar-refractivity contribution is 7.99. The number of hydrogen-bond donors (Lipinski definition) is 2. The highest BCUT2D eigenvalue weighted by atomic mass is 32.2. The molecule has 0 aliphatic carbocycles. The van der Waals surface area contributed by atoms with Crippen LogP contribution in [0, 0.1) is 5.82 Å². The smallest absolute Gasteiger partial charge is 0.277 e. The van der Waals surface area contributed by atoms with Gasteiger partial charge in [-0.2, -0.15) is 0 Å². The molecule has 0 spiro atoms. The Morgan fingerprint density at radius 1 is 1.21 bits per heavy atom. The standard InChI is InChI=1S/C19H17FN4O4S/c1-11(27-15-5-3-2-4-14(15)20)18-23-24-19(28-18)29-10-16(25)22-13-8-6-12(7-9-13)17(21)26/h2-9,11H,10H2,1H3,(H2,21,26)(H,22,25)/t11-/m0/s1. The second-order valence-corrected chi connectivity index (χ2v) is 6.80. The van der Waals surface area contributed by atoms with E-state index >= 15 is 0 Å². The number of benzene rings is 2. The summed E-state index contributed by atoms with van der Waals surface area (Å²) >= 11 is 1.05. The van der Waals surface area contributed by atoms with Gasteiger partial charge in [0.15, 0.2) is 17.7 Å². The van der Waals surface area contributed by atoms with E-state index in [1.165, 1.54) is 24.3 Å². The highest BCUT2D eigenvalue weighted by Gasteiger charge is 2.18. The van der Waals surface area contributed by atoms with E-state index in [0.29, 0.717) is 11.3 Å². The van der Waals surface area contributed by atoms with Crippen LogP contribution in [0.25, 0.3) is 0 Å². The van der Waals surface area contributed by atoms with E-state index in [2.05, 4.69) is 15.5 Å². The molecule has 0 fully saturated rings. The Morgan fingerprint density at radius 2 is 1.93 bits per heavy atom. The van der Waals surface area contributed by atoms with Gasteiger partial charge in [-0.25, -0.2) is 4.39 Å². The van der Waals surface area contributed by atoms with Crippen LogP contribution in [0.5, 0.6) is 5.75 Å². The number of ether oxygens (including phenoxy) is 1. The lowest BCUT2D eigenvalue weighted by molar-refractivity contribution is -0.113. The topological polar surface area (TPSA) is 120 Å². The Kier molecular flexibility index (Phi) is 6.45. The fraction of sp³-hybridized carbons (Fsp3) is 0.158. The summed E-state index contributed by atoms with van der Waals surface area (Å²) in [4.78, 5) is 23.1. The zero-order valence-corrected chi connectivity index (χ0v) is 16.1. The van der Waals surface area contributed by atoms with Crippen LogP contribution in [-0.4, -0.2) is 27.8 Å². The van der Waals surface area contributed by atoms with Crippen LogP contribution in [0.15, 0.2) is 58.2 Å². The van der Waals surface area contributed by atoms with Crippen molar-refractivity contribution in [1.29, 1.82) is 0 Å². The zero-order chi connectivity index (χ0) is 20.8. The molecule has 3 aromatic rings. The molecule has 1 atom stereocenters. The molecular formula is C19H17FN4O4S. The predicted molar refractivity (Wildman–Crippen MR) is 104 cm³/mol. The normalized spacial score (nSPS) is 11.7. The lowest BCUT2D eigenvalue weighted by atomic mass is 10.2. The van der Waals surface area contributed by atoms with Gasteiger partial charge in [0.2, 0.25) is 11.8 Å². The Bertz CT molecular complexity index is 1010. The van der Waals surface area contributed by atoms with Gasteiger partial charge in [0, 0.05) is 11.3 Å². The van der Waals surface area contributed by atoms with Crippen molar-refractivity contribution >= 4 is 29.3 Å². The predicted octanol–water partition coefficient (Wildman–Crippen LogP) is 3.18. The first kappa shape index (κ1) is 20.3. The quantitative estimate of drug-likeness (QED) is 0.541. The second kappa shape index (κ2) is 9.20. The molecular weight excluding hydrogens is 399 g/mol. The first-order valence-corrected chi connectivity index (χ1v) is 9.48. The van der Waals surface area contributed by atoms with Gasteiger partial charge in [-0.3, -0.25) is 9.59 Å². The molecule has 29 heavy (non-hydrogen) atoms. The fourth-order valence-electron chi connectivity index (χ4n) is 2.27. The van der Waals surface area contributed by atoms with Crippen molar-refractivity contribution in [3.8, 4) is 5.75 Å². The molecule has 0 saturated carbocycles. The number of aromatic nitrogens is 2. The summed E-state index contributed by atoms with van der Waals surface area (Å²) in [6, 6.07) is 12.2. The largest absolute Gasteiger partial charge is 0.478 e. The molecule has 1 heterocycles. The Morgan fingerprint density at radius 3 is 2.62 bits per heavy atom. The van der Waals surface area contributed by atoms with E-state index < -0.39 is 17.8 Å². The van der Waals surface area contributed by atoms with Gasteiger partial charge >= 0.3 is 0 Å². The number of thioether (sulfide) groups is 1. The van der Waals surface area contributed by atoms with E-state index in [0.717, 1.165) is 11.8 Å². The molecule has 3 N–H and O–H groups in total. The van der Waals surface area contributed by atoms with Crippen LogP contribution in [0.2, 0.25) is 0 Å². The van der Waals surface area contributed by atoms with Gasteiger partial charge < -0.3 is 20.2 Å². The minimum absolute atomic E-state index is 0.0295. The Balaban J connectivity index is 1.51. The number of carbonyl (C=O) groups excluding carboxylic acids is 2. The minimum atomic E-state index is -0.661. The van der Waals surface area contributed by atoms with Gasteiger partial charge in [0.1, 0.15) is 0 Å². The molecule has 1 aromatic heterocycles. The van der Waals surface area contributed by atoms with Crippen LogP contribution in [0.3, 0.4) is 0 Å². The maximum atomic E-state index is 13.7. The second-order valence-electron chi connectivity index (χ2n) is 5.88. The average Bonchev–Trinajstić information content (AvgIpc) is 3.18. The number of para-hydroxylation sites is 1. The molecule has 0 aliphatic heterocycles. The van der Waals surface area contributed by atoms with Crippen LogP contribution in [0.1, 0.15) is 29.3 Å². The Labute approximate surface area is 169 Å². The number of nitrogens with zero attached hydrogens (tertiary/aromatic N) is 2. The fourth-order valence-corrected chi connectivity index (χ4v) is 2.84. The summed E-state index contributed by atoms with van der Waals surface area (Å²) in [6.07, 6.45) is -0.661. The molecule has 0 saturated heterocycles. The van der Waals surface area contributed by atoms with Crippen LogP contribution >= 0.6 is 11.8 Å². The Hall–Kier alpha value is -3.40. The number of amides is 2. The number of anilines is 1. The average molecular weight is 416 g/mol. The maximum absolute atomic E-state index is 13.7. The summed E-state index contributed by atoms with van der Waals surface area (Å²) in [5.74, 6) is -1.06. The molecule has 10 heteroatoms. The van der Waals surface area contributed by atoms with Gasteiger partial charge in [-0.15, -0.1) is 10.2 Å². The van der Waals surface area contributed by atoms with E-state index in [1.807, 2.05) is 0 Å². The van der Waals surface area contributed by atoms with Crippen LogP contribution < -0.4 is 15.8 Å². The maximum Gasteiger partial charge on any atom is 0.277 e. The van der Waals surface area contributed by atoms with Gasteiger partial charge in [-0.1, -0.05) is 23.9 Å². The van der Waals surface area contributed by atoms with Crippen molar-refractivity contribution < 1.29 is 23.1 Å². The van der Waals surface area contributed by atoms with Crippen molar-refractivity contribution in [2.75, 3.05) is 11.1 Å². The van der Waals surface area contributed by atoms with Crippen molar-refractivity contribution in [2.45, 2.75) is 18.3 Å². The first-order chi connectivity index (χ1) is 13.9. The lowest BCUT2D eigenvalue weighted by Crippen LogP contribution is -2.15. The molecule has 0 unspecified atom stereocenters. The summed E-state index contributed by atoms with van der Waals surface area (Å²) in [7, 11) is 0. The van der Waals surface area contributed by atoms with Crippen molar-refractivity contribution in [1.82, 2.24) is 10.2 Å². The van der Waals surface area contributed by atoms with Gasteiger partial charge in [-0.05, 0) is 43.3 Å². The summed E-state index contributed by atoms with van der Waals surface area (Å²) in [5.41, 5.74) is 6.05. The number of rotatable bonds is 8. The van der Waals surface area contributed by atoms with Crippen LogP contribution in [-0.2, 0) is 4.79 Å². The summed E-state index contributed by atoms with van der Waals surface area (Å²) < 4.78 is 24.6. The number of carbonyl (C=O) groups is 2. The SMILES string of the molecule is C[C@H](Oc1ccccc1F)c1nnc(SCC(=O)Nc2ccc(C(N)=O)cc2)o1. The van der Waals surface area contributed by atoms with E-state index in [-0.39, 0.29) is 28.5 Å². The summed E-state index contributed by atoms with van der Waals surface area (Å²) in [5, 5.41) is 10.6. The molecule has 8 nitrogen and oxygen atoms in total. The number of halogens is 1.